The van der Waals surface area contributed by atoms with Gasteiger partial charge in [-0.05, 0) is 80.1 Å². The zero-order chi connectivity index (χ0) is 17.4. The highest BCUT2D eigenvalue weighted by Gasteiger charge is 2.37. The first-order chi connectivity index (χ1) is 10.7. The molecule has 0 aromatic rings. The molecule has 0 saturated heterocycles. The van der Waals surface area contributed by atoms with Crippen LogP contribution in [-0.4, -0.2) is 12.5 Å². The summed E-state index contributed by atoms with van der Waals surface area (Å²) < 4.78 is 0. The smallest absolute Gasteiger partial charge is 0.251 e. The van der Waals surface area contributed by atoms with E-state index in [1.165, 1.54) is 35.1 Å². The molecule has 1 amide bonds. The monoisotopic (exact) mass is 313 g/mol. The number of nitrogens with one attached hydrogen (secondary N) is 1. The minimum absolute atomic E-state index is 0.0137. The Balaban J connectivity index is 2.61. The number of amides is 1. The maximum atomic E-state index is 12.7. The van der Waals surface area contributed by atoms with Crippen LogP contribution in [0.2, 0.25) is 0 Å². The number of likely N-dealkylation sites (N-methyl/N-ethyl adjacent to an activating group) is 1. The quantitative estimate of drug-likeness (QED) is 0.555. The van der Waals surface area contributed by atoms with Gasteiger partial charge >= 0.3 is 0 Å². The number of hydrogen-bond donors (Lipinski definition) is 1. The fourth-order valence-electron chi connectivity index (χ4n) is 3.96. The van der Waals surface area contributed by atoms with Crippen molar-refractivity contribution >= 4 is 5.91 Å². The van der Waals surface area contributed by atoms with Gasteiger partial charge in [0.1, 0.15) is 0 Å². The summed E-state index contributed by atoms with van der Waals surface area (Å²) in [5, 5.41) is 2.97. The molecule has 0 spiro atoms. The minimum Gasteiger partial charge on any atom is -0.352 e. The molecule has 0 unspecified atom stereocenters. The standard InChI is InChI=1S/C21H31NO/c1-8-22-20(23)17(13(2)3)19(16-9-10-16)18-14(4)11-21(6,7)12-15(18)5/h16H,2,4,8-12H2,1,3,5-7H3,(H,22,23)/b19-17+. The molecule has 2 aliphatic carbocycles. The lowest BCUT2D eigenvalue weighted by Crippen LogP contribution is -2.28. The second-order valence-corrected chi connectivity index (χ2v) is 7.98. The largest absolute Gasteiger partial charge is 0.352 e. The van der Waals surface area contributed by atoms with Crippen LogP contribution in [0.3, 0.4) is 0 Å². The topological polar surface area (TPSA) is 29.1 Å². The van der Waals surface area contributed by atoms with Gasteiger partial charge < -0.3 is 5.32 Å². The van der Waals surface area contributed by atoms with Gasteiger partial charge in [0.15, 0.2) is 0 Å². The average molecular weight is 313 g/mol. The molecule has 2 heteroatoms. The number of carbonyl (C=O) groups is 1. The Hall–Kier alpha value is -1.57. The molecule has 1 N–H and O–H groups in total. The van der Waals surface area contributed by atoms with Crippen molar-refractivity contribution in [3.8, 4) is 0 Å². The SMILES string of the molecule is C=C1CC(C)(C)CC(C)=C1/C(=C(\C(=C)C)C(=O)NCC)C1CC1. The van der Waals surface area contributed by atoms with Crippen LogP contribution >= 0.6 is 0 Å². The number of rotatable bonds is 5. The van der Waals surface area contributed by atoms with Crippen LogP contribution in [0.5, 0.6) is 0 Å². The van der Waals surface area contributed by atoms with E-state index in [-0.39, 0.29) is 11.3 Å². The molecule has 0 atom stereocenters. The highest BCUT2D eigenvalue weighted by molar-refractivity contribution is 5.99. The van der Waals surface area contributed by atoms with Gasteiger partial charge in [-0.25, -0.2) is 0 Å². The van der Waals surface area contributed by atoms with Crippen molar-refractivity contribution in [2.75, 3.05) is 6.54 Å². The summed E-state index contributed by atoms with van der Waals surface area (Å²) in [6, 6.07) is 0. The van der Waals surface area contributed by atoms with Crippen molar-refractivity contribution in [3.05, 3.63) is 46.6 Å². The van der Waals surface area contributed by atoms with Crippen molar-refractivity contribution in [1.29, 1.82) is 0 Å². The predicted octanol–water partition coefficient (Wildman–Crippen LogP) is 5.10. The van der Waals surface area contributed by atoms with Crippen LogP contribution in [0.15, 0.2) is 46.6 Å². The molecule has 2 aliphatic rings. The summed E-state index contributed by atoms with van der Waals surface area (Å²) in [5.41, 5.74) is 6.94. The Bertz CT molecular complexity index is 612. The molecule has 23 heavy (non-hydrogen) atoms. The van der Waals surface area contributed by atoms with E-state index in [4.69, 9.17) is 0 Å². The molecule has 1 saturated carbocycles. The fourth-order valence-corrected chi connectivity index (χ4v) is 3.96. The third kappa shape index (κ3) is 3.85. The van der Waals surface area contributed by atoms with Crippen molar-refractivity contribution in [3.63, 3.8) is 0 Å². The molecule has 1 fully saturated rings. The maximum Gasteiger partial charge on any atom is 0.251 e. The highest BCUT2D eigenvalue weighted by Crippen LogP contribution is 2.50. The van der Waals surface area contributed by atoms with E-state index < -0.39 is 0 Å². The first kappa shape index (κ1) is 17.8. The van der Waals surface area contributed by atoms with Crippen molar-refractivity contribution in [2.45, 2.75) is 60.3 Å². The molecule has 2 rings (SSSR count). The molecule has 0 heterocycles. The van der Waals surface area contributed by atoms with Crippen LogP contribution in [0.1, 0.15) is 60.3 Å². The van der Waals surface area contributed by atoms with Gasteiger partial charge in [0, 0.05) is 12.1 Å². The first-order valence-corrected chi connectivity index (χ1v) is 8.74. The van der Waals surface area contributed by atoms with E-state index in [9.17, 15) is 4.79 Å². The zero-order valence-corrected chi connectivity index (χ0v) is 15.4. The predicted molar refractivity (Wildman–Crippen MR) is 98.1 cm³/mol. The van der Waals surface area contributed by atoms with E-state index >= 15 is 0 Å². The van der Waals surface area contributed by atoms with Gasteiger partial charge in [-0.2, -0.15) is 0 Å². The van der Waals surface area contributed by atoms with Gasteiger partial charge in [-0.3, -0.25) is 4.79 Å². The average Bonchev–Trinajstić information content (AvgIpc) is 3.18. The van der Waals surface area contributed by atoms with Crippen LogP contribution in [0.25, 0.3) is 0 Å². The van der Waals surface area contributed by atoms with Crippen LogP contribution in [-0.2, 0) is 4.79 Å². The Kier molecular flexibility index (Phi) is 5.03. The highest BCUT2D eigenvalue weighted by atomic mass is 16.1. The molecule has 0 aliphatic heterocycles. The van der Waals surface area contributed by atoms with E-state index in [0.717, 1.165) is 24.0 Å². The Morgan fingerprint density at radius 3 is 2.35 bits per heavy atom. The third-order valence-corrected chi connectivity index (χ3v) is 4.73. The van der Waals surface area contributed by atoms with Gasteiger partial charge in [0.25, 0.3) is 5.91 Å². The van der Waals surface area contributed by atoms with E-state index in [0.29, 0.717) is 12.5 Å². The Labute approximate surface area is 141 Å². The molecule has 0 aromatic carbocycles. The van der Waals surface area contributed by atoms with Crippen LogP contribution in [0.4, 0.5) is 0 Å². The van der Waals surface area contributed by atoms with Gasteiger partial charge in [0.05, 0.1) is 0 Å². The van der Waals surface area contributed by atoms with Gasteiger partial charge in [0.2, 0.25) is 0 Å². The van der Waals surface area contributed by atoms with Crippen LogP contribution < -0.4 is 5.32 Å². The zero-order valence-electron chi connectivity index (χ0n) is 15.4. The second-order valence-electron chi connectivity index (χ2n) is 7.98. The molecular weight excluding hydrogens is 282 g/mol. The normalized spacial score (nSPS) is 21.9. The summed E-state index contributed by atoms with van der Waals surface area (Å²) in [6.07, 6.45) is 4.39. The Morgan fingerprint density at radius 2 is 1.91 bits per heavy atom. The summed E-state index contributed by atoms with van der Waals surface area (Å²) in [7, 11) is 0. The molecule has 126 valence electrons. The lowest BCUT2D eigenvalue weighted by molar-refractivity contribution is -0.117. The fraction of sp³-hybridized carbons (Fsp3) is 0.571. The van der Waals surface area contributed by atoms with Crippen molar-refractivity contribution in [1.82, 2.24) is 5.32 Å². The molecule has 0 bridgehead atoms. The molecule has 0 radical (unpaired) electrons. The summed E-state index contributed by atoms with van der Waals surface area (Å²) >= 11 is 0. The van der Waals surface area contributed by atoms with Gasteiger partial charge in [-0.1, -0.05) is 32.6 Å². The van der Waals surface area contributed by atoms with Crippen LogP contribution in [0, 0.1) is 11.3 Å². The molecular formula is C21H31NO. The number of hydrogen-bond acceptors (Lipinski definition) is 1. The van der Waals surface area contributed by atoms with Crippen molar-refractivity contribution < 1.29 is 4.79 Å². The number of allylic oxidation sites excluding steroid dienone is 4. The molecule has 2 nitrogen and oxygen atoms in total. The Morgan fingerprint density at radius 1 is 1.30 bits per heavy atom. The van der Waals surface area contributed by atoms with Gasteiger partial charge in [-0.15, -0.1) is 0 Å². The van der Waals surface area contributed by atoms with E-state index in [1.54, 1.807) is 0 Å². The van der Waals surface area contributed by atoms with E-state index in [1.807, 2.05) is 13.8 Å². The second kappa shape index (κ2) is 6.51. The lowest BCUT2D eigenvalue weighted by atomic mass is 9.69. The summed E-state index contributed by atoms with van der Waals surface area (Å²) in [5.74, 6) is 0.507. The maximum absolute atomic E-state index is 12.7. The third-order valence-electron chi connectivity index (χ3n) is 4.73. The first-order valence-electron chi connectivity index (χ1n) is 8.74. The van der Waals surface area contributed by atoms with Crippen molar-refractivity contribution in [2.24, 2.45) is 11.3 Å². The summed E-state index contributed by atoms with van der Waals surface area (Å²) in [4.78, 5) is 12.7. The summed E-state index contributed by atoms with van der Waals surface area (Å²) in [6.45, 7) is 19.8. The lowest BCUT2D eigenvalue weighted by Gasteiger charge is -2.35. The minimum atomic E-state index is 0.0137. The number of carbonyl (C=O) groups excluding carboxylic acids is 1. The van der Waals surface area contributed by atoms with E-state index in [2.05, 4.69) is 39.2 Å². The molecule has 0 aromatic heterocycles.